The summed E-state index contributed by atoms with van der Waals surface area (Å²) in [6.45, 7) is 8.88. The summed E-state index contributed by atoms with van der Waals surface area (Å²) in [6.07, 6.45) is 0. The molecular weight excluding hydrogens is 476 g/mol. The first-order chi connectivity index (χ1) is 19.0. The van der Waals surface area contributed by atoms with Gasteiger partial charge < -0.3 is 9.55 Å². The van der Waals surface area contributed by atoms with Gasteiger partial charge >= 0.3 is 0 Å². The van der Waals surface area contributed by atoms with Crippen LogP contribution < -0.4 is 0 Å². The van der Waals surface area contributed by atoms with E-state index in [1.54, 1.807) is 0 Å². The summed E-state index contributed by atoms with van der Waals surface area (Å²) < 4.78 is 2.56. The molecule has 3 unspecified atom stereocenters. The van der Waals surface area contributed by atoms with Gasteiger partial charge in [-0.25, -0.2) is 0 Å². The molecule has 39 heavy (non-hydrogen) atoms. The maximum absolute atomic E-state index is 14.7. The molecule has 1 aliphatic carbocycles. The van der Waals surface area contributed by atoms with Crippen LogP contribution in [0, 0.1) is 33.6 Å². The van der Waals surface area contributed by atoms with Crippen molar-refractivity contribution >= 4 is 27.6 Å². The maximum atomic E-state index is 14.7. The maximum Gasteiger partial charge on any atom is 0.170 e. The lowest BCUT2D eigenvalue weighted by Gasteiger charge is -2.35. The van der Waals surface area contributed by atoms with Gasteiger partial charge in [0.25, 0.3) is 0 Å². The molecule has 6 aromatic rings. The standard InChI is InChI=1S/C36H30N2O/c1-20-12-10-18-27-29(20)23(4)35(37-27)36-26-17-9-8-16-25(26)34(39)32(36)31(24-14-6-5-7-15-24)33-22(3)30-21(2)13-11-19-28(30)38(33)36/h5-19,31-32,37H,1-4H3. The molecule has 3 atom stereocenters. The number of ketones is 1. The Morgan fingerprint density at radius 1 is 0.718 bits per heavy atom. The Bertz CT molecular complexity index is 1990. The van der Waals surface area contributed by atoms with Crippen molar-refractivity contribution in [2.45, 2.75) is 39.2 Å². The third-order valence-corrected chi connectivity index (χ3v) is 9.63. The van der Waals surface area contributed by atoms with E-state index < -0.39 is 5.54 Å². The number of H-pyrrole nitrogens is 1. The van der Waals surface area contributed by atoms with Crippen LogP contribution in [0.2, 0.25) is 0 Å². The van der Waals surface area contributed by atoms with Crippen molar-refractivity contribution in [3.63, 3.8) is 0 Å². The molecular formula is C36H30N2O. The summed E-state index contributed by atoms with van der Waals surface area (Å²) in [7, 11) is 0. The lowest BCUT2D eigenvalue weighted by molar-refractivity contribution is 0.0895. The van der Waals surface area contributed by atoms with E-state index in [4.69, 9.17) is 0 Å². The normalized spacial score (nSPS) is 21.5. The van der Waals surface area contributed by atoms with Gasteiger partial charge in [0.1, 0.15) is 5.54 Å². The van der Waals surface area contributed by atoms with Crippen molar-refractivity contribution < 1.29 is 4.79 Å². The highest BCUT2D eigenvalue weighted by atomic mass is 16.1. The largest absolute Gasteiger partial charge is 0.356 e. The minimum absolute atomic E-state index is 0.0650. The molecule has 8 rings (SSSR count). The van der Waals surface area contributed by atoms with Gasteiger partial charge in [0.05, 0.1) is 11.6 Å². The zero-order valence-corrected chi connectivity index (χ0v) is 22.7. The van der Waals surface area contributed by atoms with Crippen LogP contribution >= 0.6 is 0 Å². The molecule has 0 amide bonds. The van der Waals surface area contributed by atoms with E-state index in [0.29, 0.717) is 0 Å². The molecule has 1 N–H and O–H groups in total. The molecule has 4 aromatic carbocycles. The first-order valence-corrected chi connectivity index (χ1v) is 13.8. The van der Waals surface area contributed by atoms with E-state index in [0.717, 1.165) is 22.3 Å². The topological polar surface area (TPSA) is 37.8 Å². The molecule has 190 valence electrons. The van der Waals surface area contributed by atoms with Crippen molar-refractivity contribution in [1.82, 2.24) is 9.55 Å². The van der Waals surface area contributed by atoms with Gasteiger partial charge in [-0.3, -0.25) is 4.79 Å². The van der Waals surface area contributed by atoms with E-state index >= 15 is 0 Å². The molecule has 3 heteroatoms. The number of aromatic amines is 1. The van der Waals surface area contributed by atoms with E-state index in [1.165, 1.54) is 49.8 Å². The number of hydrogen-bond acceptors (Lipinski definition) is 1. The zero-order chi connectivity index (χ0) is 26.6. The number of aromatic nitrogens is 2. The van der Waals surface area contributed by atoms with E-state index in [1.807, 2.05) is 12.1 Å². The van der Waals surface area contributed by atoms with Gasteiger partial charge in [-0.15, -0.1) is 0 Å². The van der Waals surface area contributed by atoms with Crippen molar-refractivity contribution in [2.75, 3.05) is 0 Å². The monoisotopic (exact) mass is 506 g/mol. The second kappa shape index (κ2) is 7.60. The second-order valence-electron chi connectivity index (χ2n) is 11.5. The number of aryl methyl sites for hydroxylation is 4. The molecule has 0 saturated heterocycles. The summed E-state index contributed by atoms with van der Waals surface area (Å²) >= 11 is 0. The number of carbonyl (C=O) groups excluding carboxylic acids is 1. The number of nitrogens with zero attached hydrogens (tertiary/aromatic N) is 1. The lowest BCUT2D eigenvalue weighted by atomic mass is 9.72. The van der Waals surface area contributed by atoms with Gasteiger partial charge in [-0.2, -0.15) is 0 Å². The highest BCUT2D eigenvalue weighted by Gasteiger charge is 2.64. The molecule has 2 aliphatic rings. The first-order valence-electron chi connectivity index (χ1n) is 13.8. The number of hydrogen-bond donors (Lipinski definition) is 1. The smallest absolute Gasteiger partial charge is 0.170 e. The number of benzene rings is 4. The van der Waals surface area contributed by atoms with Gasteiger partial charge in [0, 0.05) is 39.0 Å². The van der Waals surface area contributed by atoms with Crippen molar-refractivity contribution in [2.24, 2.45) is 5.92 Å². The Labute approximate surface area is 228 Å². The molecule has 0 radical (unpaired) electrons. The SMILES string of the molecule is Cc1cccc2[nH]c(C34c5ccccc5C(=O)C3C(c3ccccc3)c3c(C)c5c(C)cccc5n34)c(C)c12. The Hall–Kier alpha value is -4.37. The summed E-state index contributed by atoms with van der Waals surface area (Å²) in [4.78, 5) is 18.6. The summed E-state index contributed by atoms with van der Waals surface area (Å²) in [5.74, 6) is -0.120. The molecule has 1 aliphatic heterocycles. The minimum Gasteiger partial charge on any atom is -0.356 e. The quantitative estimate of drug-likeness (QED) is 0.253. The van der Waals surface area contributed by atoms with Crippen LogP contribution in [0.1, 0.15) is 61.0 Å². The molecule has 0 bridgehead atoms. The average molecular weight is 507 g/mol. The summed E-state index contributed by atoms with van der Waals surface area (Å²) in [5.41, 5.74) is 12.2. The fraction of sp³-hybridized carbons (Fsp3) is 0.194. The van der Waals surface area contributed by atoms with Crippen LogP contribution in [0.3, 0.4) is 0 Å². The van der Waals surface area contributed by atoms with Crippen LogP contribution in [-0.4, -0.2) is 15.3 Å². The first kappa shape index (κ1) is 22.6. The summed E-state index contributed by atoms with van der Waals surface area (Å²) in [5, 5.41) is 2.56. The van der Waals surface area contributed by atoms with Crippen molar-refractivity contribution in [1.29, 1.82) is 0 Å². The van der Waals surface area contributed by atoms with Gasteiger partial charge in [-0.1, -0.05) is 78.9 Å². The van der Waals surface area contributed by atoms with Crippen LogP contribution in [0.15, 0.2) is 91.0 Å². The van der Waals surface area contributed by atoms with Crippen LogP contribution in [0.25, 0.3) is 21.8 Å². The Morgan fingerprint density at radius 2 is 1.41 bits per heavy atom. The lowest BCUT2D eigenvalue weighted by Crippen LogP contribution is -2.39. The zero-order valence-electron chi connectivity index (χ0n) is 22.7. The van der Waals surface area contributed by atoms with Gasteiger partial charge in [0.2, 0.25) is 0 Å². The van der Waals surface area contributed by atoms with Gasteiger partial charge in [-0.05, 0) is 73.2 Å². The minimum atomic E-state index is -0.681. The number of Topliss-reactive ketones (excluding diaryl/α,β-unsaturated/α-hetero) is 1. The van der Waals surface area contributed by atoms with Crippen LogP contribution in [0.5, 0.6) is 0 Å². The highest BCUT2D eigenvalue weighted by molar-refractivity contribution is 6.08. The molecule has 2 aromatic heterocycles. The fourth-order valence-corrected chi connectivity index (χ4v) is 8.29. The Balaban J connectivity index is 1.63. The number of rotatable bonds is 2. The van der Waals surface area contributed by atoms with E-state index in [-0.39, 0.29) is 17.6 Å². The van der Waals surface area contributed by atoms with E-state index in [9.17, 15) is 4.79 Å². The molecule has 3 nitrogen and oxygen atoms in total. The van der Waals surface area contributed by atoms with Crippen molar-refractivity contribution in [3.8, 4) is 0 Å². The average Bonchev–Trinajstić information content (AvgIpc) is 3.62. The Kier molecular flexibility index (Phi) is 4.41. The number of fused-ring (bicyclic) bond motifs is 8. The fourth-order valence-electron chi connectivity index (χ4n) is 8.29. The predicted molar refractivity (Wildman–Crippen MR) is 158 cm³/mol. The third-order valence-electron chi connectivity index (χ3n) is 9.63. The molecule has 0 fully saturated rings. The van der Waals surface area contributed by atoms with Crippen LogP contribution in [0.4, 0.5) is 0 Å². The van der Waals surface area contributed by atoms with E-state index in [2.05, 4.69) is 116 Å². The highest BCUT2D eigenvalue weighted by Crippen LogP contribution is 2.63. The molecule has 0 saturated carbocycles. The van der Waals surface area contributed by atoms with Crippen molar-refractivity contribution in [3.05, 3.63) is 141 Å². The second-order valence-corrected chi connectivity index (χ2v) is 11.5. The summed E-state index contributed by atoms with van der Waals surface area (Å²) in [6, 6.07) is 32.1. The number of nitrogens with one attached hydrogen (secondary N) is 1. The Morgan fingerprint density at radius 3 is 2.18 bits per heavy atom. The molecule has 3 heterocycles. The van der Waals surface area contributed by atoms with Crippen LogP contribution in [-0.2, 0) is 5.54 Å². The number of carbonyl (C=O) groups is 1. The van der Waals surface area contributed by atoms with Gasteiger partial charge in [0.15, 0.2) is 5.78 Å². The molecule has 0 spiro atoms. The predicted octanol–water partition coefficient (Wildman–Crippen LogP) is 8.11. The third kappa shape index (κ3) is 2.56.